The fraction of sp³-hybridized carbons (Fsp3) is 0.925. The largest absolute Gasteiger partial charge is 0.394 e. The maximum absolute atomic E-state index is 12.3. The van der Waals surface area contributed by atoms with Gasteiger partial charge in [0.15, 0.2) is 0 Å². The van der Waals surface area contributed by atoms with Crippen LogP contribution in [0.25, 0.3) is 0 Å². The summed E-state index contributed by atoms with van der Waals surface area (Å²) in [5.74, 6) is -0.0665. The van der Waals surface area contributed by atoms with Crippen molar-refractivity contribution in [1.82, 2.24) is 5.32 Å². The lowest BCUT2D eigenvalue weighted by Gasteiger charge is -2.20. The molecule has 0 radical (unpaired) electrons. The molecule has 44 heavy (non-hydrogen) atoms. The van der Waals surface area contributed by atoms with Crippen LogP contribution in [-0.2, 0) is 4.79 Å². The first-order chi connectivity index (χ1) is 22.2. The first kappa shape index (κ1) is 41.2. The zero-order valence-electron chi connectivity index (χ0n) is 30.7. The fourth-order valence-corrected chi connectivity index (χ4v) is 6.10. The third-order valence-corrected chi connectivity index (χ3v) is 9.17. The Bertz CT molecular complexity index is 614. The second kappa shape index (κ2) is 36.6. The molecule has 0 saturated heterocycles. The first-order valence-corrected chi connectivity index (χ1v) is 19.7. The van der Waals surface area contributed by atoms with E-state index in [-0.39, 0.29) is 12.5 Å². The maximum Gasteiger partial charge on any atom is 0.220 e. The second-order valence-electron chi connectivity index (χ2n) is 13.6. The van der Waals surface area contributed by atoms with E-state index in [9.17, 15) is 15.0 Å². The van der Waals surface area contributed by atoms with Gasteiger partial charge in [-0.05, 0) is 19.3 Å². The van der Waals surface area contributed by atoms with Gasteiger partial charge in [-0.1, -0.05) is 206 Å². The molecule has 2 atom stereocenters. The molecule has 0 heterocycles. The highest BCUT2D eigenvalue weighted by molar-refractivity contribution is 5.76. The van der Waals surface area contributed by atoms with E-state index in [1.807, 2.05) is 6.08 Å². The zero-order chi connectivity index (χ0) is 32.9. The van der Waals surface area contributed by atoms with Crippen molar-refractivity contribution in [1.29, 1.82) is 0 Å². The Hall–Kier alpha value is -0.870. The molecule has 3 N–H and O–H groups in total. The van der Waals surface area contributed by atoms with Gasteiger partial charge in [-0.15, -0.1) is 0 Å². The third kappa shape index (κ3) is 32.5. The summed E-state index contributed by atoms with van der Waals surface area (Å²) < 4.78 is 7.17. The van der Waals surface area contributed by atoms with Crippen molar-refractivity contribution in [3.63, 3.8) is 0 Å². The number of unbranched alkanes of at least 4 members (excludes halogenated alkanes) is 29. The van der Waals surface area contributed by atoms with Crippen LogP contribution < -0.4 is 5.32 Å². The maximum atomic E-state index is 12.3. The summed E-state index contributed by atoms with van der Waals surface area (Å²) in [5.41, 5.74) is 0. The molecule has 0 fully saturated rings. The number of hydrogen-bond donors (Lipinski definition) is 3. The van der Waals surface area contributed by atoms with Crippen molar-refractivity contribution in [2.24, 2.45) is 0 Å². The summed E-state index contributed by atoms with van der Waals surface area (Å²) in [6.45, 7) is 2.62. The smallest absolute Gasteiger partial charge is 0.220 e. The van der Waals surface area contributed by atoms with E-state index < -0.39 is 12.1 Å². The fourth-order valence-electron chi connectivity index (χ4n) is 6.10. The van der Waals surface area contributed by atoms with Gasteiger partial charge in [0.25, 0.3) is 0 Å². The van der Waals surface area contributed by atoms with Crippen molar-refractivity contribution in [3.8, 4) is 0 Å². The van der Waals surface area contributed by atoms with E-state index in [0.29, 0.717) is 13.3 Å². The van der Waals surface area contributed by atoms with Gasteiger partial charge in [0.05, 0.1) is 18.8 Å². The molecule has 0 aliphatic rings. The highest BCUT2D eigenvalue weighted by Crippen LogP contribution is 2.15. The molecule has 0 aromatic heterocycles. The van der Waals surface area contributed by atoms with Gasteiger partial charge in [-0.25, -0.2) is 0 Å². The summed E-state index contributed by atoms with van der Waals surface area (Å²) in [5, 5.41) is 22.9. The molecule has 0 spiro atoms. The number of aliphatic hydroxyl groups excluding tert-OH is 2. The van der Waals surface area contributed by atoms with Crippen molar-refractivity contribution in [2.75, 3.05) is 6.61 Å². The van der Waals surface area contributed by atoms with Gasteiger partial charge < -0.3 is 15.5 Å². The molecule has 0 saturated carbocycles. The average Bonchev–Trinajstić information content (AvgIpc) is 3.04. The number of nitrogens with one attached hydrogen (secondary N) is 1. The van der Waals surface area contributed by atoms with E-state index in [0.717, 1.165) is 32.1 Å². The number of allylic oxidation sites excluding steroid dienone is 1. The number of hydrogen-bond acceptors (Lipinski definition) is 3. The summed E-state index contributed by atoms with van der Waals surface area (Å²) in [6, 6.07) is -0.619. The molecule has 0 unspecified atom stereocenters. The summed E-state index contributed by atoms with van der Waals surface area (Å²) >= 11 is 0. The van der Waals surface area contributed by atoms with Crippen molar-refractivity contribution in [3.05, 3.63) is 12.2 Å². The van der Waals surface area contributed by atoms with E-state index in [1.165, 1.54) is 167 Å². The molecule has 0 rings (SSSR count). The predicted octanol–water partition coefficient (Wildman–Crippen LogP) is 11.9. The molecular formula is C40H79NO3. The Balaban J connectivity index is 3.52. The predicted molar refractivity (Wildman–Crippen MR) is 193 cm³/mol. The Morgan fingerprint density at radius 3 is 1.34 bits per heavy atom. The molecule has 1 amide bonds. The van der Waals surface area contributed by atoms with Crippen LogP contribution in [-0.4, -0.2) is 34.9 Å². The molecule has 4 nitrogen and oxygen atoms in total. The standard InChI is InChI=1S/C40H79NO3/c1-3-5-7-9-11-13-15-17-18-19-20-21-22-24-26-28-30-32-34-36-40(44)41-38(37-42)39(43)35-33-31-29-27-25-23-16-14-12-10-8-6-4-2/h33,35,38-39,42-43H,3-32,34,36-37H2,1-2H3,(H,41,44)/b35-33+/t38-,39+/m0/s1/i1D. The number of carbonyl (C=O) groups is 1. The number of carbonyl (C=O) groups excluding carboxylic acids is 1. The lowest BCUT2D eigenvalue weighted by Crippen LogP contribution is -2.45. The minimum absolute atomic E-state index is 0.0665. The van der Waals surface area contributed by atoms with Crippen LogP contribution in [0.2, 0.25) is 0 Å². The van der Waals surface area contributed by atoms with Crippen molar-refractivity contribution < 1.29 is 16.4 Å². The summed E-state index contributed by atoms with van der Waals surface area (Å²) in [4.78, 5) is 12.3. The Kier molecular flexibility index (Phi) is 34.2. The minimum Gasteiger partial charge on any atom is -0.394 e. The average molecular weight is 623 g/mol. The quantitative estimate of drug-likeness (QED) is 0.0481. The highest BCUT2D eigenvalue weighted by Gasteiger charge is 2.17. The summed E-state index contributed by atoms with van der Waals surface area (Å²) in [7, 11) is 0. The zero-order valence-corrected chi connectivity index (χ0v) is 29.7. The van der Waals surface area contributed by atoms with Gasteiger partial charge in [0, 0.05) is 7.79 Å². The second-order valence-corrected chi connectivity index (χ2v) is 13.6. The van der Waals surface area contributed by atoms with Crippen LogP contribution in [0.1, 0.15) is 221 Å². The number of aliphatic hydroxyl groups is 2. The monoisotopic (exact) mass is 623 g/mol. The Morgan fingerprint density at radius 1 is 0.591 bits per heavy atom. The van der Waals surface area contributed by atoms with E-state index >= 15 is 0 Å². The minimum atomic E-state index is -0.836. The van der Waals surface area contributed by atoms with E-state index in [2.05, 4.69) is 12.2 Å². The summed E-state index contributed by atoms with van der Waals surface area (Å²) in [6.07, 6.45) is 43.5. The molecule has 0 aromatic rings. The van der Waals surface area contributed by atoms with Crippen LogP contribution >= 0.6 is 0 Å². The molecule has 0 aliphatic carbocycles. The highest BCUT2D eigenvalue weighted by atomic mass is 16.3. The Labute approximate surface area is 277 Å². The molecule has 262 valence electrons. The van der Waals surface area contributed by atoms with Crippen LogP contribution in [0.15, 0.2) is 12.2 Å². The lowest BCUT2D eigenvalue weighted by atomic mass is 10.0. The van der Waals surface area contributed by atoms with Crippen molar-refractivity contribution in [2.45, 2.75) is 231 Å². The van der Waals surface area contributed by atoms with Gasteiger partial charge >= 0.3 is 0 Å². The molecule has 0 bridgehead atoms. The molecular weight excluding hydrogens is 542 g/mol. The van der Waals surface area contributed by atoms with Crippen LogP contribution in [0.4, 0.5) is 0 Å². The van der Waals surface area contributed by atoms with Gasteiger partial charge in [-0.2, -0.15) is 0 Å². The van der Waals surface area contributed by atoms with Gasteiger partial charge in [0.2, 0.25) is 5.91 Å². The SMILES string of the molecule is [2H]CCCCCCCCCCCCCCCCCCCCCC(=O)N[C@@H](CO)[C@H](O)/C=C/CCCCCCCCCCCCC. The topological polar surface area (TPSA) is 69.6 Å². The lowest BCUT2D eigenvalue weighted by molar-refractivity contribution is -0.123. The van der Waals surface area contributed by atoms with Crippen LogP contribution in [0, 0.1) is 0 Å². The molecule has 0 aliphatic heterocycles. The first-order valence-electron chi connectivity index (χ1n) is 20.4. The van der Waals surface area contributed by atoms with E-state index in [4.69, 9.17) is 1.37 Å². The third-order valence-electron chi connectivity index (χ3n) is 9.17. The molecule has 4 heteroatoms. The van der Waals surface area contributed by atoms with Crippen LogP contribution in [0.3, 0.4) is 0 Å². The number of rotatable bonds is 36. The molecule has 0 aromatic carbocycles. The van der Waals surface area contributed by atoms with Crippen molar-refractivity contribution >= 4 is 5.91 Å². The van der Waals surface area contributed by atoms with Gasteiger partial charge in [0.1, 0.15) is 0 Å². The number of amides is 1. The van der Waals surface area contributed by atoms with E-state index in [1.54, 1.807) is 6.08 Å². The van der Waals surface area contributed by atoms with Crippen LogP contribution in [0.5, 0.6) is 0 Å². The Morgan fingerprint density at radius 2 is 0.955 bits per heavy atom. The normalized spacial score (nSPS) is 13.4. The van der Waals surface area contributed by atoms with Gasteiger partial charge in [-0.3, -0.25) is 4.79 Å².